The first kappa shape index (κ1) is 18.0. The second-order valence-corrected chi connectivity index (χ2v) is 5.37. The van der Waals surface area contributed by atoms with Crippen LogP contribution < -0.4 is 11.1 Å². The van der Waals surface area contributed by atoms with Crippen molar-refractivity contribution in [2.45, 2.75) is 6.42 Å². The summed E-state index contributed by atoms with van der Waals surface area (Å²) in [6.07, 6.45) is 0.945. The molecule has 0 saturated carbocycles. The highest BCUT2D eigenvalue weighted by Crippen LogP contribution is 2.24. The van der Waals surface area contributed by atoms with Crippen LogP contribution in [0.2, 0.25) is 10.2 Å². The van der Waals surface area contributed by atoms with Gasteiger partial charge in [0.2, 0.25) is 0 Å². The maximum Gasteiger partial charge on any atom is 0.255 e. The third-order valence-electron chi connectivity index (χ3n) is 2.84. The molecule has 21 heavy (non-hydrogen) atoms. The lowest BCUT2D eigenvalue weighted by atomic mass is 10.2. The standard InChI is InChI=1S/C13H20Cl2N4O2/c1-19(5-3-7-21-2)6-4-17-13(20)11-9(14)8-10(16)18-12(11)15/h8H,3-7H2,1-2H3,(H2,16,18)(H,17,20). The Bertz CT molecular complexity index is 462. The minimum atomic E-state index is -0.359. The summed E-state index contributed by atoms with van der Waals surface area (Å²) in [5.74, 6) is -0.179. The van der Waals surface area contributed by atoms with E-state index >= 15 is 0 Å². The SMILES string of the molecule is COCCCN(C)CCNC(=O)c1c(Cl)cc(N)nc1Cl. The average Bonchev–Trinajstić information content (AvgIpc) is 2.37. The largest absolute Gasteiger partial charge is 0.385 e. The second-order valence-electron chi connectivity index (χ2n) is 4.60. The van der Waals surface area contributed by atoms with Gasteiger partial charge in [0.25, 0.3) is 5.91 Å². The zero-order chi connectivity index (χ0) is 15.8. The first-order valence-corrected chi connectivity index (χ1v) is 7.28. The Kier molecular flexibility index (Phi) is 7.74. The summed E-state index contributed by atoms with van der Waals surface area (Å²) in [5.41, 5.74) is 5.65. The van der Waals surface area contributed by atoms with Crippen LogP contribution in [0.4, 0.5) is 5.82 Å². The van der Waals surface area contributed by atoms with Crippen molar-refractivity contribution in [3.63, 3.8) is 0 Å². The fourth-order valence-corrected chi connectivity index (χ4v) is 2.36. The van der Waals surface area contributed by atoms with Crippen molar-refractivity contribution in [3.05, 3.63) is 21.8 Å². The normalized spacial score (nSPS) is 10.9. The number of nitrogens with zero attached hydrogens (tertiary/aromatic N) is 2. The van der Waals surface area contributed by atoms with Crippen LogP contribution in [0.5, 0.6) is 0 Å². The van der Waals surface area contributed by atoms with Crippen molar-refractivity contribution >= 4 is 34.9 Å². The van der Waals surface area contributed by atoms with E-state index < -0.39 is 0 Å². The van der Waals surface area contributed by atoms with E-state index in [-0.39, 0.29) is 27.5 Å². The molecule has 1 rings (SSSR count). The van der Waals surface area contributed by atoms with Gasteiger partial charge in [0.1, 0.15) is 11.0 Å². The smallest absolute Gasteiger partial charge is 0.255 e. The molecule has 1 heterocycles. The van der Waals surface area contributed by atoms with Gasteiger partial charge in [-0.3, -0.25) is 4.79 Å². The first-order valence-electron chi connectivity index (χ1n) is 6.53. The molecule has 1 aromatic rings. The number of methoxy groups -OCH3 is 1. The summed E-state index contributed by atoms with van der Waals surface area (Å²) in [4.78, 5) is 18.0. The van der Waals surface area contributed by atoms with Gasteiger partial charge in [-0.15, -0.1) is 0 Å². The minimum absolute atomic E-state index is 0.00551. The maximum atomic E-state index is 12.0. The molecule has 0 saturated heterocycles. The van der Waals surface area contributed by atoms with E-state index in [4.69, 9.17) is 33.7 Å². The van der Waals surface area contributed by atoms with Gasteiger partial charge < -0.3 is 20.7 Å². The molecule has 0 spiro atoms. The van der Waals surface area contributed by atoms with Gasteiger partial charge in [0, 0.05) is 33.4 Å². The Morgan fingerprint density at radius 3 is 2.81 bits per heavy atom. The van der Waals surface area contributed by atoms with Crippen LogP contribution in [0.1, 0.15) is 16.8 Å². The van der Waals surface area contributed by atoms with Crippen LogP contribution in [-0.4, -0.2) is 56.2 Å². The molecule has 0 atom stereocenters. The molecule has 0 aliphatic carbocycles. The quantitative estimate of drug-likeness (QED) is 0.558. The number of hydrogen-bond acceptors (Lipinski definition) is 5. The number of aromatic nitrogens is 1. The number of hydrogen-bond donors (Lipinski definition) is 2. The number of halogens is 2. The number of amides is 1. The highest BCUT2D eigenvalue weighted by Gasteiger charge is 2.16. The number of carbonyl (C=O) groups excluding carboxylic acids is 1. The highest BCUT2D eigenvalue weighted by atomic mass is 35.5. The predicted molar refractivity (Wildman–Crippen MR) is 85.0 cm³/mol. The van der Waals surface area contributed by atoms with Crippen LogP contribution in [0.3, 0.4) is 0 Å². The van der Waals surface area contributed by atoms with Crippen molar-refractivity contribution in [1.29, 1.82) is 0 Å². The summed E-state index contributed by atoms with van der Waals surface area (Å²) in [6, 6.07) is 1.40. The number of likely N-dealkylation sites (N-methyl/N-ethyl adjacent to an activating group) is 1. The third-order valence-corrected chi connectivity index (χ3v) is 3.41. The number of rotatable bonds is 8. The maximum absolute atomic E-state index is 12.0. The molecule has 1 amide bonds. The number of ether oxygens (including phenoxy) is 1. The van der Waals surface area contributed by atoms with Gasteiger partial charge in [0.05, 0.1) is 10.6 Å². The van der Waals surface area contributed by atoms with Crippen molar-refractivity contribution < 1.29 is 9.53 Å². The zero-order valence-electron chi connectivity index (χ0n) is 12.2. The topological polar surface area (TPSA) is 80.5 Å². The molecule has 118 valence electrons. The van der Waals surface area contributed by atoms with E-state index in [1.807, 2.05) is 7.05 Å². The molecule has 3 N–H and O–H groups in total. The van der Waals surface area contributed by atoms with Crippen molar-refractivity contribution in [3.8, 4) is 0 Å². The summed E-state index contributed by atoms with van der Waals surface area (Å²) < 4.78 is 4.99. The Balaban J connectivity index is 2.44. The molecule has 0 fully saturated rings. The molecule has 0 radical (unpaired) electrons. The van der Waals surface area contributed by atoms with Gasteiger partial charge in [0.15, 0.2) is 0 Å². The summed E-state index contributed by atoms with van der Waals surface area (Å²) in [5, 5.41) is 2.96. The van der Waals surface area contributed by atoms with E-state index in [1.54, 1.807) is 7.11 Å². The lowest BCUT2D eigenvalue weighted by molar-refractivity contribution is 0.0949. The van der Waals surface area contributed by atoms with Gasteiger partial charge in [-0.25, -0.2) is 4.98 Å². The fraction of sp³-hybridized carbons (Fsp3) is 0.538. The zero-order valence-corrected chi connectivity index (χ0v) is 13.7. The summed E-state index contributed by atoms with van der Waals surface area (Å²) in [6.45, 7) is 2.82. The Labute approximate surface area is 134 Å². The molecule has 6 nitrogen and oxygen atoms in total. The van der Waals surface area contributed by atoms with E-state index in [2.05, 4.69) is 15.2 Å². The fourth-order valence-electron chi connectivity index (χ4n) is 1.74. The Morgan fingerprint density at radius 1 is 1.48 bits per heavy atom. The minimum Gasteiger partial charge on any atom is -0.385 e. The molecule has 0 aliphatic rings. The lowest BCUT2D eigenvalue weighted by Crippen LogP contribution is -2.34. The lowest BCUT2D eigenvalue weighted by Gasteiger charge is -2.16. The second kappa shape index (κ2) is 9.04. The number of anilines is 1. The molecule has 0 unspecified atom stereocenters. The van der Waals surface area contributed by atoms with E-state index in [1.165, 1.54) is 6.07 Å². The Morgan fingerprint density at radius 2 is 2.19 bits per heavy atom. The first-order chi connectivity index (χ1) is 9.95. The van der Waals surface area contributed by atoms with Crippen molar-refractivity contribution in [1.82, 2.24) is 15.2 Å². The van der Waals surface area contributed by atoms with Crippen molar-refractivity contribution in [2.75, 3.05) is 46.1 Å². The number of nitrogen functional groups attached to an aromatic ring is 1. The van der Waals surface area contributed by atoms with Crippen LogP contribution in [-0.2, 0) is 4.74 Å². The molecular formula is C13H20Cl2N4O2. The third kappa shape index (κ3) is 6.05. The van der Waals surface area contributed by atoms with Crippen LogP contribution >= 0.6 is 23.2 Å². The van der Waals surface area contributed by atoms with Gasteiger partial charge in [-0.1, -0.05) is 23.2 Å². The summed E-state index contributed by atoms with van der Waals surface area (Å²) >= 11 is 11.9. The van der Waals surface area contributed by atoms with E-state index in [0.717, 1.165) is 19.6 Å². The van der Waals surface area contributed by atoms with Crippen LogP contribution in [0.25, 0.3) is 0 Å². The van der Waals surface area contributed by atoms with Gasteiger partial charge >= 0.3 is 0 Å². The molecule has 8 heteroatoms. The molecule has 1 aromatic heterocycles. The average molecular weight is 335 g/mol. The highest BCUT2D eigenvalue weighted by molar-refractivity contribution is 6.39. The van der Waals surface area contributed by atoms with E-state index in [9.17, 15) is 4.79 Å². The number of carbonyl (C=O) groups is 1. The van der Waals surface area contributed by atoms with Crippen molar-refractivity contribution in [2.24, 2.45) is 0 Å². The monoisotopic (exact) mass is 334 g/mol. The summed E-state index contributed by atoms with van der Waals surface area (Å²) in [7, 11) is 3.65. The predicted octanol–water partition coefficient (Wildman–Crippen LogP) is 1.67. The number of pyridine rings is 1. The molecular weight excluding hydrogens is 315 g/mol. The van der Waals surface area contributed by atoms with Gasteiger partial charge in [-0.05, 0) is 19.5 Å². The van der Waals surface area contributed by atoms with Crippen LogP contribution in [0, 0.1) is 0 Å². The number of nitrogens with one attached hydrogen (secondary N) is 1. The molecule has 0 bridgehead atoms. The van der Waals surface area contributed by atoms with Crippen LogP contribution in [0.15, 0.2) is 6.07 Å². The van der Waals surface area contributed by atoms with Gasteiger partial charge in [-0.2, -0.15) is 0 Å². The number of nitrogens with two attached hydrogens (primary N) is 1. The van der Waals surface area contributed by atoms with E-state index in [0.29, 0.717) is 13.1 Å². The molecule has 0 aromatic carbocycles. The Hall–Kier alpha value is -1.08. The molecule has 0 aliphatic heterocycles.